The van der Waals surface area contributed by atoms with Crippen LogP contribution in [0.2, 0.25) is 0 Å². The van der Waals surface area contributed by atoms with Crippen LogP contribution in [0.3, 0.4) is 0 Å². The third kappa shape index (κ3) is 4.02. The lowest BCUT2D eigenvalue weighted by Gasteiger charge is -2.25. The van der Waals surface area contributed by atoms with Crippen molar-refractivity contribution < 1.29 is 4.79 Å². The number of benzene rings is 1. The molecule has 4 nitrogen and oxygen atoms in total. The average molecular weight is 324 g/mol. The summed E-state index contributed by atoms with van der Waals surface area (Å²) < 4.78 is 0. The zero-order valence-corrected chi connectivity index (χ0v) is 14.5. The molecule has 1 aromatic heterocycles. The second-order valence-corrected chi connectivity index (χ2v) is 6.70. The molecule has 5 heteroatoms. The predicted octanol–water partition coefficient (Wildman–Crippen LogP) is 2.93. The van der Waals surface area contributed by atoms with Crippen LogP contribution in [0.4, 0.5) is 0 Å². The Hall–Kier alpha value is -1.52. The van der Waals surface area contributed by atoms with Crippen molar-refractivity contribution in [2.75, 3.05) is 6.54 Å². The highest BCUT2D eigenvalue weighted by Gasteiger charge is 2.26. The maximum Gasteiger partial charge on any atom is 0.237 e. The Bertz CT molecular complexity index is 643. The number of carbonyl (C=O) groups is 1. The number of nitrogens with two attached hydrogens (primary N) is 1. The Morgan fingerprint density at radius 1 is 1.36 bits per heavy atom. The summed E-state index contributed by atoms with van der Waals surface area (Å²) in [7, 11) is 0. The van der Waals surface area contributed by atoms with Gasteiger partial charge in [-0.3, -0.25) is 4.79 Å². The Morgan fingerprint density at radius 2 is 2.05 bits per heavy atom. The van der Waals surface area contributed by atoms with Crippen LogP contribution in [-0.4, -0.2) is 23.5 Å². The van der Waals surface area contributed by atoms with Crippen LogP contribution in [0.15, 0.2) is 24.4 Å². The second-order valence-electron chi connectivity index (χ2n) is 6.70. The van der Waals surface area contributed by atoms with E-state index in [9.17, 15) is 4.79 Å². The fraction of sp³-hybridized carbons (Fsp3) is 0.471. The van der Waals surface area contributed by atoms with Crippen molar-refractivity contribution in [1.82, 2.24) is 10.3 Å². The van der Waals surface area contributed by atoms with Crippen molar-refractivity contribution in [1.29, 1.82) is 0 Å². The number of carbonyl (C=O) groups excluding carboxylic acids is 1. The van der Waals surface area contributed by atoms with E-state index in [2.05, 4.69) is 29.4 Å². The van der Waals surface area contributed by atoms with E-state index in [1.165, 1.54) is 16.5 Å². The van der Waals surface area contributed by atoms with Crippen LogP contribution in [0.5, 0.6) is 0 Å². The summed E-state index contributed by atoms with van der Waals surface area (Å²) in [6.07, 6.45) is 2.82. The van der Waals surface area contributed by atoms with Gasteiger partial charge >= 0.3 is 0 Å². The average Bonchev–Trinajstić information content (AvgIpc) is 2.81. The lowest BCUT2D eigenvalue weighted by atomic mass is 9.87. The molecule has 22 heavy (non-hydrogen) atoms. The number of hydrogen-bond acceptors (Lipinski definition) is 2. The molecule has 0 aliphatic carbocycles. The van der Waals surface area contributed by atoms with Gasteiger partial charge in [0.05, 0.1) is 6.04 Å². The van der Waals surface area contributed by atoms with Gasteiger partial charge in [-0.2, -0.15) is 0 Å². The SMILES string of the molecule is Cc1cccc2[nH]cc(CCNC(=O)[C@@H](N)C(C)(C)C)c12.Cl. The molecule has 0 saturated heterocycles. The summed E-state index contributed by atoms with van der Waals surface area (Å²) in [5.74, 6) is -0.0842. The predicted molar refractivity (Wildman–Crippen MR) is 94.4 cm³/mol. The second kappa shape index (κ2) is 7.16. The summed E-state index contributed by atoms with van der Waals surface area (Å²) in [5.41, 5.74) is 9.35. The van der Waals surface area contributed by atoms with Crippen molar-refractivity contribution >= 4 is 29.2 Å². The summed E-state index contributed by atoms with van der Waals surface area (Å²) in [4.78, 5) is 15.3. The van der Waals surface area contributed by atoms with Gasteiger partial charge in [0.25, 0.3) is 0 Å². The molecule has 0 saturated carbocycles. The highest BCUT2D eigenvalue weighted by atomic mass is 35.5. The van der Waals surface area contributed by atoms with Gasteiger partial charge in [0, 0.05) is 23.6 Å². The maximum absolute atomic E-state index is 12.0. The number of nitrogens with one attached hydrogen (secondary N) is 2. The summed E-state index contributed by atoms with van der Waals surface area (Å²) in [5, 5.41) is 4.19. The van der Waals surface area contributed by atoms with Crippen LogP contribution in [0.1, 0.15) is 31.9 Å². The molecular weight excluding hydrogens is 298 g/mol. The molecule has 0 aliphatic rings. The minimum absolute atomic E-state index is 0. The minimum Gasteiger partial charge on any atom is -0.361 e. The first-order valence-electron chi connectivity index (χ1n) is 7.39. The van der Waals surface area contributed by atoms with E-state index in [4.69, 9.17) is 5.73 Å². The van der Waals surface area contributed by atoms with E-state index < -0.39 is 6.04 Å². The van der Waals surface area contributed by atoms with Gasteiger partial charge in [-0.15, -0.1) is 12.4 Å². The topological polar surface area (TPSA) is 70.9 Å². The van der Waals surface area contributed by atoms with Crippen LogP contribution in [-0.2, 0) is 11.2 Å². The third-order valence-electron chi connectivity index (χ3n) is 3.90. The first kappa shape index (κ1) is 18.5. The van der Waals surface area contributed by atoms with E-state index in [1.807, 2.05) is 33.0 Å². The zero-order valence-electron chi connectivity index (χ0n) is 13.7. The zero-order chi connectivity index (χ0) is 15.6. The number of aryl methyl sites for hydroxylation is 1. The number of aromatic amines is 1. The first-order chi connectivity index (χ1) is 9.80. The standard InChI is InChI=1S/C17H25N3O.ClH/c1-11-6-5-7-13-14(11)12(10-20-13)8-9-19-16(21)15(18)17(2,3)4;/h5-7,10,15,20H,8-9,18H2,1-4H3,(H,19,21);1H/t15-;/m1./s1. The van der Waals surface area contributed by atoms with E-state index in [0.29, 0.717) is 6.54 Å². The maximum atomic E-state index is 12.0. The molecule has 122 valence electrons. The lowest BCUT2D eigenvalue weighted by Crippen LogP contribution is -2.48. The highest BCUT2D eigenvalue weighted by molar-refractivity contribution is 5.86. The number of H-pyrrole nitrogens is 1. The number of aromatic nitrogens is 1. The van der Waals surface area contributed by atoms with E-state index in [0.717, 1.165) is 11.9 Å². The molecule has 0 spiro atoms. The van der Waals surface area contributed by atoms with Gasteiger partial charge in [-0.1, -0.05) is 32.9 Å². The van der Waals surface area contributed by atoms with Gasteiger partial charge in [0.1, 0.15) is 0 Å². The molecule has 2 rings (SSSR count). The number of halogens is 1. The van der Waals surface area contributed by atoms with Crippen molar-refractivity contribution in [2.45, 2.75) is 40.2 Å². The molecule has 4 N–H and O–H groups in total. The Balaban J connectivity index is 0.00000242. The molecule has 1 aromatic carbocycles. The Labute approximate surface area is 138 Å². The van der Waals surface area contributed by atoms with Gasteiger partial charge in [-0.05, 0) is 36.0 Å². The minimum atomic E-state index is -0.484. The molecule has 1 atom stereocenters. The molecular formula is C17H26ClN3O. The number of fused-ring (bicyclic) bond motifs is 1. The quantitative estimate of drug-likeness (QED) is 0.809. The molecule has 0 bridgehead atoms. The van der Waals surface area contributed by atoms with Crippen molar-refractivity contribution in [2.24, 2.45) is 11.1 Å². The van der Waals surface area contributed by atoms with Gasteiger partial charge < -0.3 is 16.0 Å². The molecule has 1 heterocycles. The first-order valence-corrected chi connectivity index (χ1v) is 7.39. The van der Waals surface area contributed by atoms with Crippen LogP contribution in [0, 0.1) is 12.3 Å². The number of amides is 1. The van der Waals surface area contributed by atoms with Gasteiger partial charge in [0.2, 0.25) is 5.91 Å². The smallest absolute Gasteiger partial charge is 0.237 e. The van der Waals surface area contributed by atoms with Crippen molar-refractivity contribution in [3.63, 3.8) is 0 Å². The van der Waals surface area contributed by atoms with E-state index in [1.54, 1.807) is 0 Å². The van der Waals surface area contributed by atoms with Gasteiger partial charge in [-0.25, -0.2) is 0 Å². The lowest BCUT2D eigenvalue weighted by molar-refractivity contribution is -0.124. The molecule has 0 radical (unpaired) electrons. The van der Waals surface area contributed by atoms with E-state index >= 15 is 0 Å². The molecule has 0 fully saturated rings. The fourth-order valence-electron chi connectivity index (χ4n) is 2.47. The largest absolute Gasteiger partial charge is 0.361 e. The third-order valence-corrected chi connectivity index (χ3v) is 3.90. The molecule has 0 unspecified atom stereocenters. The summed E-state index contributed by atoms with van der Waals surface area (Å²) >= 11 is 0. The van der Waals surface area contributed by atoms with Gasteiger partial charge in [0.15, 0.2) is 0 Å². The Kier molecular flexibility index (Phi) is 6.03. The molecule has 0 aliphatic heterocycles. The summed E-state index contributed by atoms with van der Waals surface area (Å²) in [6, 6.07) is 5.73. The van der Waals surface area contributed by atoms with Crippen LogP contribution >= 0.6 is 12.4 Å². The molecule has 1 amide bonds. The Morgan fingerprint density at radius 3 is 2.68 bits per heavy atom. The normalized spacial score (nSPS) is 12.8. The monoisotopic (exact) mass is 323 g/mol. The highest BCUT2D eigenvalue weighted by Crippen LogP contribution is 2.22. The van der Waals surface area contributed by atoms with Crippen LogP contribution in [0.25, 0.3) is 10.9 Å². The van der Waals surface area contributed by atoms with E-state index in [-0.39, 0.29) is 23.7 Å². The van der Waals surface area contributed by atoms with Crippen LogP contribution < -0.4 is 11.1 Å². The fourth-order valence-corrected chi connectivity index (χ4v) is 2.47. The number of rotatable bonds is 4. The van der Waals surface area contributed by atoms with Crippen molar-refractivity contribution in [3.8, 4) is 0 Å². The summed E-state index contributed by atoms with van der Waals surface area (Å²) in [6.45, 7) is 8.62. The number of hydrogen-bond donors (Lipinski definition) is 3. The van der Waals surface area contributed by atoms with Crippen molar-refractivity contribution in [3.05, 3.63) is 35.5 Å². The molecule has 2 aromatic rings.